The van der Waals surface area contributed by atoms with Crippen molar-refractivity contribution in [1.29, 1.82) is 0 Å². The third-order valence-electron chi connectivity index (χ3n) is 2.11. The summed E-state index contributed by atoms with van der Waals surface area (Å²) in [5.41, 5.74) is 0. The molecule has 1 N–H and O–H groups in total. The van der Waals surface area contributed by atoms with E-state index in [1.54, 1.807) is 7.11 Å². The van der Waals surface area contributed by atoms with E-state index in [4.69, 9.17) is 18.9 Å². The first kappa shape index (κ1) is 12.9. The average molecular weight is 219 g/mol. The summed E-state index contributed by atoms with van der Waals surface area (Å²) in [7, 11) is 1.67. The highest BCUT2D eigenvalue weighted by Gasteiger charge is 2.12. The fourth-order valence-corrected chi connectivity index (χ4v) is 1.31. The van der Waals surface area contributed by atoms with Crippen LogP contribution in [0.2, 0.25) is 0 Å². The zero-order valence-electron chi connectivity index (χ0n) is 9.37. The number of hydrogen-bond donors (Lipinski definition) is 1. The van der Waals surface area contributed by atoms with Crippen LogP contribution in [0.1, 0.15) is 0 Å². The molecule has 0 bridgehead atoms. The fourth-order valence-electron chi connectivity index (χ4n) is 1.31. The highest BCUT2D eigenvalue weighted by atomic mass is 16.6. The number of nitrogens with one attached hydrogen (secondary N) is 1. The lowest BCUT2D eigenvalue weighted by molar-refractivity contribution is -0.0866. The molecule has 0 radical (unpaired) electrons. The van der Waals surface area contributed by atoms with Crippen molar-refractivity contribution in [3.8, 4) is 0 Å². The topological polar surface area (TPSA) is 49.0 Å². The molecule has 1 aliphatic heterocycles. The van der Waals surface area contributed by atoms with Crippen LogP contribution in [-0.2, 0) is 18.9 Å². The monoisotopic (exact) mass is 219 g/mol. The van der Waals surface area contributed by atoms with Crippen LogP contribution in [0.5, 0.6) is 0 Å². The Morgan fingerprint density at radius 1 is 1.27 bits per heavy atom. The van der Waals surface area contributed by atoms with Crippen molar-refractivity contribution in [2.24, 2.45) is 0 Å². The maximum Gasteiger partial charge on any atom is 0.0933 e. The van der Waals surface area contributed by atoms with Crippen molar-refractivity contribution >= 4 is 0 Å². The third-order valence-corrected chi connectivity index (χ3v) is 2.11. The van der Waals surface area contributed by atoms with E-state index in [0.717, 1.165) is 19.7 Å². The quantitative estimate of drug-likeness (QED) is 0.566. The second-order valence-electron chi connectivity index (χ2n) is 3.38. The van der Waals surface area contributed by atoms with Crippen LogP contribution in [0, 0.1) is 0 Å². The summed E-state index contributed by atoms with van der Waals surface area (Å²) in [5.74, 6) is 0. The minimum Gasteiger partial charge on any atom is -0.382 e. The fraction of sp³-hybridized carbons (Fsp3) is 1.00. The predicted octanol–water partition coefficient (Wildman–Crippen LogP) is -0.346. The minimum absolute atomic E-state index is 0.192. The Hall–Kier alpha value is -0.200. The van der Waals surface area contributed by atoms with Gasteiger partial charge in [-0.15, -0.1) is 0 Å². The van der Waals surface area contributed by atoms with Gasteiger partial charge in [-0.05, 0) is 0 Å². The SMILES string of the molecule is COCCOCCNCC1COCCO1. The van der Waals surface area contributed by atoms with Gasteiger partial charge in [0.25, 0.3) is 0 Å². The molecule has 1 saturated heterocycles. The van der Waals surface area contributed by atoms with Gasteiger partial charge in [0.05, 0.1) is 45.7 Å². The van der Waals surface area contributed by atoms with Gasteiger partial charge in [0.15, 0.2) is 0 Å². The lowest BCUT2D eigenvalue weighted by Crippen LogP contribution is -2.38. The molecular weight excluding hydrogens is 198 g/mol. The first-order valence-electron chi connectivity index (χ1n) is 5.40. The van der Waals surface area contributed by atoms with Crippen LogP contribution in [0.15, 0.2) is 0 Å². The number of hydrogen-bond acceptors (Lipinski definition) is 5. The summed E-state index contributed by atoms with van der Waals surface area (Å²) in [6.07, 6.45) is 0.192. The minimum atomic E-state index is 0.192. The molecule has 5 heteroatoms. The van der Waals surface area contributed by atoms with E-state index in [-0.39, 0.29) is 6.10 Å². The second-order valence-corrected chi connectivity index (χ2v) is 3.38. The van der Waals surface area contributed by atoms with Crippen molar-refractivity contribution in [1.82, 2.24) is 5.32 Å². The zero-order valence-corrected chi connectivity index (χ0v) is 9.37. The van der Waals surface area contributed by atoms with Gasteiger partial charge < -0.3 is 24.3 Å². The van der Waals surface area contributed by atoms with E-state index < -0.39 is 0 Å². The van der Waals surface area contributed by atoms with E-state index in [9.17, 15) is 0 Å². The molecule has 0 aliphatic carbocycles. The van der Waals surface area contributed by atoms with Crippen LogP contribution >= 0.6 is 0 Å². The van der Waals surface area contributed by atoms with Gasteiger partial charge in [0.2, 0.25) is 0 Å². The van der Waals surface area contributed by atoms with Gasteiger partial charge >= 0.3 is 0 Å². The van der Waals surface area contributed by atoms with Gasteiger partial charge in [0, 0.05) is 20.2 Å². The largest absolute Gasteiger partial charge is 0.382 e. The summed E-state index contributed by atoms with van der Waals surface area (Å²) in [4.78, 5) is 0. The Bertz CT molecular complexity index is 139. The van der Waals surface area contributed by atoms with E-state index in [1.165, 1.54) is 0 Å². The molecular formula is C10H21NO4. The molecule has 1 fully saturated rings. The van der Waals surface area contributed by atoms with Crippen molar-refractivity contribution in [3.05, 3.63) is 0 Å². The van der Waals surface area contributed by atoms with Crippen LogP contribution < -0.4 is 5.32 Å². The maximum atomic E-state index is 5.47. The number of methoxy groups -OCH3 is 1. The maximum absolute atomic E-state index is 5.47. The van der Waals surface area contributed by atoms with Gasteiger partial charge in [-0.1, -0.05) is 0 Å². The van der Waals surface area contributed by atoms with E-state index in [1.807, 2.05) is 0 Å². The van der Waals surface area contributed by atoms with Crippen molar-refractivity contribution in [3.63, 3.8) is 0 Å². The van der Waals surface area contributed by atoms with Gasteiger partial charge in [-0.25, -0.2) is 0 Å². The van der Waals surface area contributed by atoms with Crippen molar-refractivity contribution in [2.45, 2.75) is 6.10 Å². The molecule has 0 aromatic heterocycles. The normalized spacial score (nSPS) is 21.8. The predicted molar refractivity (Wildman–Crippen MR) is 56.1 cm³/mol. The molecule has 1 unspecified atom stereocenters. The molecule has 1 heterocycles. The molecule has 1 atom stereocenters. The Labute approximate surface area is 91.0 Å². The molecule has 90 valence electrons. The van der Waals surface area contributed by atoms with Crippen LogP contribution in [0.25, 0.3) is 0 Å². The molecule has 0 aromatic rings. The molecule has 0 amide bonds. The Morgan fingerprint density at radius 3 is 2.93 bits per heavy atom. The summed E-state index contributed by atoms with van der Waals surface area (Å²) in [6, 6.07) is 0. The Morgan fingerprint density at radius 2 is 2.20 bits per heavy atom. The second kappa shape index (κ2) is 9.06. The summed E-state index contributed by atoms with van der Waals surface area (Å²) < 4.78 is 20.9. The van der Waals surface area contributed by atoms with E-state index >= 15 is 0 Å². The summed E-state index contributed by atoms with van der Waals surface area (Å²) in [6.45, 7) is 5.79. The van der Waals surface area contributed by atoms with Gasteiger partial charge in [-0.3, -0.25) is 0 Å². The van der Waals surface area contributed by atoms with Crippen LogP contribution in [-0.4, -0.2) is 65.9 Å². The van der Waals surface area contributed by atoms with E-state index in [2.05, 4.69) is 5.32 Å². The standard InChI is InChI=1S/C10H21NO4/c1-12-4-5-13-3-2-11-8-10-9-14-6-7-15-10/h10-11H,2-9H2,1H3. The number of rotatable bonds is 8. The summed E-state index contributed by atoms with van der Waals surface area (Å²) >= 11 is 0. The van der Waals surface area contributed by atoms with Crippen molar-refractivity contribution < 1.29 is 18.9 Å². The lowest BCUT2D eigenvalue weighted by Gasteiger charge is -2.23. The lowest BCUT2D eigenvalue weighted by atomic mass is 10.3. The highest BCUT2D eigenvalue weighted by molar-refractivity contribution is 4.63. The highest BCUT2D eigenvalue weighted by Crippen LogP contribution is 1.98. The van der Waals surface area contributed by atoms with Crippen LogP contribution in [0.3, 0.4) is 0 Å². The van der Waals surface area contributed by atoms with Crippen molar-refractivity contribution in [2.75, 3.05) is 59.8 Å². The van der Waals surface area contributed by atoms with E-state index in [0.29, 0.717) is 33.0 Å². The first-order chi connectivity index (χ1) is 7.43. The molecule has 0 aromatic carbocycles. The van der Waals surface area contributed by atoms with Gasteiger partial charge in [0.1, 0.15) is 0 Å². The van der Waals surface area contributed by atoms with Crippen LogP contribution in [0.4, 0.5) is 0 Å². The first-order valence-corrected chi connectivity index (χ1v) is 5.40. The number of ether oxygens (including phenoxy) is 4. The molecule has 0 spiro atoms. The summed E-state index contributed by atoms with van der Waals surface area (Å²) in [5, 5.41) is 3.26. The molecule has 1 rings (SSSR count). The Kier molecular flexibility index (Phi) is 7.77. The molecule has 15 heavy (non-hydrogen) atoms. The molecule has 1 aliphatic rings. The zero-order chi connectivity index (χ0) is 10.8. The van der Waals surface area contributed by atoms with Gasteiger partial charge in [-0.2, -0.15) is 0 Å². The average Bonchev–Trinajstić information content (AvgIpc) is 2.29. The molecule has 0 saturated carbocycles. The third kappa shape index (κ3) is 6.81. The molecule has 5 nitrogen and oxygen atoms in total. The Balaban J connectivity index is 1.79. The smallest absolute Gasteiger partial charge is 0.0933 e.